The summed E-state index contributed by atoms with van der Waals surface area (Å²) in [5.74, 6) is -1.07. The van der Waals surface area contributed by atoms with Gasteiger partial charge in [-0.3, -0.25) is 14.9 Å². The summed E-state index contributed by atoms with van der Waals surface area (Å²) in [6.45, 7) is 3.63. The van der Waals surface area contributed by atoms with E-state index in [1.807, 2.05) is 19.1 Å². The second-order valence-electron chi connectivity index (χ2n) is 6.74. The monoisotopic (exact) mass is 428 g/mol. The van der Waals surface area contributed by atoms with Crippen LogP contribution in [0.2, 0.25) is 0 Å². The molecule has 0 saturated carbocycles. The van der Waals surface area contributed by atoms with E-state index in [0.29, 0.717) is 22.5 Å². The molecule has 0 aromatic heterocycles. The molecular formula is C20H20N4O5S. The third-order valence-corrected chi connectivity index (χ3v) is 4.87. The molecule has 1 atom stereocenters. The number of ether oxygens (including phenoxy) is 1. The summed E-state index contributed by atoms with van der Waals surface area (Å²) in [5, 5.41) is 30.4. The number of carbonyl (C=O) groups is 1. The van der Waals surface area contributed by atoms with Crippen molar-refractivity contribution in [1.82, 2.24) is 10.6 Å². The van der Waals surface area contributed by atoms with Crippen molar-refractivity contribution in [2.45, 2.75) is 19.9 Å². The number of amides is 1. The molecule has 0 saturated heterocycles. The molecule has 30 heavy (non-hydrogen) atoms. The van der Waals surface area contributed by atoms with Crippen LogP contribution >= 0.6 is 12.2 Å². The lowest BCUT2D eigenvalue weighted by Gasteiger charge is -2.30. The summed E-state index contributed by atoms with van der Waals surface area (Å²) in [5.41, 5.74) is 2.26. The number of allylic oxidation sites excluding steroid dienone is 1. The Kier molecular flexibility index (Phi) is 5.88. The van der Waals surface area contributed by atoms with Gasteiger partial charge >= 0.3 is 5.69 Å². The number of benzene rings is 2. The highest BCUT2D eigenvalue weighted by molar-refractivity contribution is 7.80. The number of nitro groups is 1. The number of phenols is 1. The van der Waals surface area contributed by atoms with Gasteiger partial charge in [-0.25, -0.2) is 0 Å². The highest BCUT2D eigenvalue weighted by Crippen LogP contribution is 2.40. The molecule has 1 unspecified atom stereocenters. The van der Waals surface area contributed by atoms with Crippen molar-refractivity contribution in [3.8, 4) is 11.5 Å². The topological polar surface area (TPSA) is 126 Å². The van der Waals surface area contributed by atoms with Crippen molar-refractivity contribution < 1.29 is 19.6 Å². The summed E-state index contributed by atoms with van der Waals surface area (Å²) < 4.78 is 5.08. The predicted molar refractivity (Wildman–Crippen MR) is 115 cm³/mol. The van der Waals surface area contributed by atoms with Gasteiger partial charge in [-0.1, -0.05) is 17.7 Å². The number of rotatable bonds is 5. The molecule has 2 aromatic rings. The highest BCUT2D eigenvalue weighted by atomic mass is 32.1. The molecule has 2 aromatic carbocycles. The van der Waals surface area contributed by atoms with Gasteiger partial charge in [-0.2, -0.15) is 0 Å². The van der Waals surface area contributed by atoms with Gasteiger partial charge in [-0.05, 0) is 49.8 Å². The average Bonchev–Trinajstić information content (AvgIpc) is 2.69. The largest absolute Gasteiger partial charge is 0.500 e. The molecular weight excluding hydrogens is 408 g/mol. The van der Waals surface area contributed by atoms with Crippen LogP contribution in [0.3, 0.4) is 0 Å². The zero-order chi connectivity index (χ0) is 22.0. The molecule has 0 radical (unpaired) electrons. The van der Waals surface area contributed by atoms with E-state index in [-0.39, 0.29) is 10.9 Å². The number of aromatic hydroxyl groups is 1. The van der Waals surface area contributed by atoms with E-state index in [4.69, 9.17) is 17.0 Å². The van der Waals surface area contributed by atoms with E-state index in [1.54, 1.807) is 19.1 Å². The molecule has 0 bridgehead atoms. The predicted octanol–water partition coefficient (Wildman–Crippen LogP) is 3.05. The van der Waals surface area contributed by atoms with Crippen LogP contribution in [0.1, 0.15) is 24.1 Å². The Balaban J connectivity index is 2.05. The number of nitro benzene ring substituents is 1. The third kappa shape index (κ3) is 4.18. The zero-order valence-electron chi connectivity index (χ0n) is 16.5. The first-order valence-electron chi connectivity index (χ1n) is 8.93. The number of hydrogen-bond acceptors (Lipinski definition) is 6. The summed E-state index contributed by atoms with van der Waals surface area (Å²) in [7, 11) is 1.29. The second-order valence-corrected chi connectivity index (χ2v) is 7.15. The second kappa shape index (κ2) is 8.37. The van der Waals surface area contributed by atoms with E-state index in [9.17, 15) is 20.0 Å². The molecule has 10 heteroatoms. The van der Waals surface area contributed by atoms with Crippen molar-refractivity contribution >= 4 is 34.6 Å². The molecule has 1 aliphatic rings. The smallest absolute Gasteiger partial charge is 0.315 e. The van der Waals surface area contributed by atoms with Gasteiger partial charge in [0.25, 0.3) is 5.91 Å². The van der Waals surface area contributed by atoms with Crippen LogP contribution in [0, 0.1) is 17.0 Å². The number of hydrogen-bond donors (Lipinski definition) is 4. The Labute approximate surface area is 177 Å². The number of methoxy groups -OCH3 is 1. The van der Waals surface area contributed by atoms with Gasteiger partial charge in [0.15, 0.2) is 10.9 Å². The molecule has 1 aliphatic heterocycles. The van der Waals surface area contributed by atoms with Gasteiger partial charge in [0, 0.05) is 17.5 Å². The van der Waals surface area contributed by atoms with Gasteiger partial charge in [0.2, 0.25) is 5.75 Å². The Morgan fingerprint density at radius 3 is 2.53 bits per heavy atom. The number of anilines is 1. The summed E-state index contributed by atoms with van der Waals surface area (Å²) >= 11 is 5.21. The summed E-state index contributed by atoms with van der Waals surface area (Å²) in [6, 6.07) is 9.12. The van der Waals surface area contributed by atoms with E-state index in [1.165, 1.54) is 19.2 Å². The van der Waals surface area contributed by atoms with Gasteiger partial charge in [0.1, 0.15) is 0 Å². The molecule has 156 valence electrons. The lowest BCUT2D eigenvalue weighted by atomic mass is 9.94. The number of nitrogens with zero attached hydrogens (tertiary/aromatic N) is 1. The van der Waals surface area contributed by atoms with Crippen LogP contribution in [0.5, 0.6) is 11.5 Å². The fourth-order valence-electron chi connectivity index (χ4n) is 3.16. The van der Waals surface area contributed by atoms with Crippen LogP contribution in [-0.2, 0) is 4.79 Å². The average molecular weight is 428 g/mol. The van der Waals surface area contributed by atoms with Gasteiger partial charge < -0.3 is 25.8 Å². The third-order valence-electron chi connectivity index (χ3n) is 4.65. The van der Waals surface area contributed by atoms with Crippen molar-refractivity contribution in [1.29, 1.82) is 0 Å². The maximum atomic E-state index is 13.1. The normalized spacial score (nSPS) is 15.8. The fourth-order valence-corrected chi connectivity index (χ4v) is 3.43. The van der Waals surface area contributed by atoms with E-state index in [0.717, 1.165) is 5.56 Å². The van der Waals surface area contributed by atoms with E-state index < -0.39 is 28.3 Å². The minimum Gasteiger partial charge on any atom is -0.500 e. The first-order valence-corrected chi connectivity index (χ1v) is 9.33. The number of phenolic OH excluding ortho intramolecular Hbond substituents is 1. The van der Waals surface area contributed by atoms with Crippen molar-refractivity contribution in [3.63, 3.8) is 0 Å². The first-order chi connectivity index (χ1) is 14.2. The van der Waals surface area contributed by atoms with Crippen LogP contribution in [0.4, 0.5) is 11.4 Å². The SMILES string of the molecule is COc1cc(C2NC(=S)NC(C)=C2C(=O)Nc2ccc(C)cc2)cc([N+](=O)[O-])c1O. The van der Waals surface area contributed by atoms with Crippen LogP contribution in [0.25, 0.3) is 0 Å². The Bertz CT molecular complexity index is 1070. The van der Waals surface area contributed by atoms with Crippen LogP contribution in [-0.4, -0.2) is 28.2 Å². The Morgan fingerprint density at radius 1 is 1.27 bits per heavy atom. The van der Waals surface area contributed by atoms with Gasteiger partial charge in [0.05, 0.1) is 23.6 Å². The quantitative estimate of drug-likeness (QED) is 0.325. The van der Waals surface area contributed by atoms with Crippen molar-refractivity contribution in [2.75, 3.05) is 12.4 Å². The minimum absolute atomic E-state index is 0.0820. The number of nitrogens with one attached hydrogen (secondary N) is 3. The number of carbonyl (C=O) groups excluding carboxylic acids is 1. The molecule has 0 aliphatic carbocycles. The summed E-state index contributed by atoms with van der Waals surface area (Å²) in [6.07, 6.45) is 0. The zero-order valence-corrected chi connectivity index (χ0v) is 17.3. The van der Waals surface area contributed by atoms with E-state index in [2.05, 4.69) is 16.0 Å². The molecule has 1 amide bonds. The lowest BCUT2D eigenvalue weighted by molar-refractivity contribution is -0.386. The van der Waals surface area contributed by atoms with Crippen LogP contribution < -0.4 is 20.7 Å². The van der Waals surface area contributed by atoms with Crippen LogP contribution in [0.15, 0.2) is 47.7 Å². The molecule has 3 rings (SSSR count). The Hall–Kier alpha value is -3.66. The fraction of sp³-hybridized carbons (Fsp3) is 0.200. The minimum atomic E-state index is -0.794. The van der Waals surface area contributed by atoms with Crippen molar-refractivity contribution in [3.05, 3.63) is 68.9 Å². The summed E-state index contributed by atoms with van der Waals surface area (Å²) in [4.78, 5) is 23.7. The molecule has 0 spiro atoms. The van der Waals surface area contributed by atoms with Gasteiger partial charge in [-0.15, -0.1) is 0 Å². The molecule has 1 heterocycles. The number of aryl methyl sites for hydroxylation is 1. The maximum absolute atomic E-state index is 13.1. The van der Waals surface area contributed by atoms with E-state index >= 15 is 0 Å². The standard InChI is InChI=1S/C20H20N4O5S/c1-10-4-6-13(7-5-10)22-19(26)16-11(2)21-20(30)23-17(16)12-8-14(24(27)28)18(25)15(9-12)29-3/h4-9,17,25H,1-3H3,(H,22,26)(H2,21,23,30). The molecule has 9 nitrogen and oxygen atoms in total. The highest BCUT2D eigenvalue weighted by Gasteiger charge is 2.32. The number of thiocarbonyl (C=S) groups is 1. The lowest BCUT2D eigenvalue weighted by Crippen LogP contribution is -2.45. The maximum Gasteiger partial charge on any atom is 0.315 e. The first kappa shape index (κ1) is 21.1. The van der Waals surface area contributed by atoms with Crippen molar-refractivity contribution in [2.24, 2.45) is 0 Å². The molecule has 4 N–H and O–H groups in total. The Morgan fingerprint density at radius 2 is 1.93 bits per heavy atom. The molecule has 0 fully saturated rings.